The third-order valence-corrected chi connectivity index (χ3v) is 4.40. The predicted molar refractivity (Wildman–Crippen MR) is 101 cm³/mol. The van der Waals surface area contributed by atoms with Crippen LogP contribution in [-0.2, 0) is 13.2 Å². The minimum absolute atomic E-state index is 0.0710. The van der Waals surface area contributed by atoms with Crippen LogP contribution in [0.4, 0.5) is 0 Å². The smallest absolute Gasteiger partial charge is 0.161 e. The number of aliphatic hydroxyl groups is 1. The van der Waals surface area contributed by atoms with Crippen LogP contribution in [0, 0.1) is 0 Å². The molecule has 0 bridgehead atoms. The van der Waals surface area contributed by atoms with Gasteiger partial charge in [0.25, 0.3) is 0 Å². The summed E-state index contributed by atoms with van der Waals surface area (Å²) < 4.78 is 7.21. The summed E-state index contributed by atoms with van der Waals surface area (Å²) in [6.07, 6.45) is 1.77. The average Bonchev–Trinajstić information content (AvgIpc) is 3.11. The van der Waals surface area contributed by atoms with E-state index in [0.717, 1.165) is 39.3 Å². The average molecular weight is 345 g/mol. The highest BCUT2D eigenvalue weighted by atomic mass is 16.5. The van der Waals surface area contributed by atoms with E-state index in [2.05, 4.69) is 4.98 Å². The van der Waals surface area contributed by atoms with Crippen molar-refractivity contribution in [2.24, 2.45) is 0 Å². The molecule has 0 saturated heterocycles. The standard InChI is InChI=1S/C21H19N3O2/c1-26-18-9-7-15(8-10-18)12-24-14-22-20-17(13-25)11-19(23-21(20)24)16-5-3-2-4-6-16/h2-11,14,25H,12-13H2,1H3. The van der Waals surface area contributed by atoms with E-state index in [9.17, 15) is 5.11 Å². The summed E-state index contributed by atoms with van der Waals surface area (Å²) in [5.74, 6) is 0.830. The Kier molecular flexibility index (Phi) is 4.37. The van der Waals surface area contributed by atoms with Crippen molar-refractivity contribution in [3.05, 3.63) is 78.1 Å². The Morgan fingerprint density at radius 1 is 1.04 bits per heavy atom. The molecule has 2 heterocycles. The molecule has 26 heavy (non-hydrogen) atoms. The third kappa shape index (κ3) is 3.05. The van der Waals surface area contributed by atoms with E-state index in [0.29, 0.717) is 6.54 Å². The SMILES string of the molecule is COc1ccc(Cn2cnc3c(CO)cc(-c4ccccc4)nc32)cc1. The van der Waals surface area contributed by atoms with Crippen molar-refractivity contribution in [2.75, 3.05) is 7.11 Å². The predicted octanol–water partition coefficient (Wildman–Crippen LogP) is 3.65. The molecule has 2 aromatic heterocycles. The number of rotatable bonds is 5. The fraction of sp³-hybridized carbons (Fsp3) is 0.143. The molecule has 5 heteroatoms. The van der Waals surface area contributed by atoms with Crippen molar-refractivity contribution in [3.63, 3.8) is 0 Å². The topological polar surface area (TPSA) is 60.2 Å². The second-order valence-electron chi connectivity index (χ2n) is 6.08. The van der Waals surface area contributed by atoms with Crippen LogP contribution in [-0.4, -0.2) is 26.8 Å². The summed E-state index contributed by atoms with van der Waals surface area (Å²) in [6.45, 7) is 0.578. The molecule has 4 aromatic rings. The molecule has 0 aliphatic rings. The van der Waals surface area contributed by atoms with Gasteiger partial charge in [0.2, 0.25) is 0 Å². The molecule has 0 unspecified atom stereocenters. The van der Waals surface area contributed by atoms with Crippen LogP contribution < -0.4 is 4.74 Å². The van der Waals surface area contributed by atoms with Crippen LogP contribution in [0.15, 0.2) is 67.0 Å². The quantitative estimate of drug-likeness (QED) is 0.600. The van der Waals surface area contributed by atoms with E-state index in [1.165, 1.54) is 0 Å². The third-order valence-electron chi connectivity index (χ3n) is 4.40. The van der Waals surface area contributed by atoms with Gasteiger partial charge in [0, 0.05) is 11.1 Å². The number of hydrogen-bond donors (Lipinski definition) is 1. The molecule has 0 saturated carbocycles. The van der Waals surface area contributed by atoms with Crippen molar-refractivity contribution in [1.82, 2.24) is 14.5 Å². The molecule has 2 aromatic carbocycles. The van der Waals surface area contributed by atoms with Gasteiger partial charge in [0.1, 0.15) is 11.3 Å². The molecular formula is C21H19N3O2. The van der Waals surface area contributed by atoms with Gasteiger partial charge in [-0.3, -0.25) is 0 Å². The summed E-state index contributed by atoms with van der Waals surface area (Å²) in [5.41, 5.74) is 5.26. The molecule has 0 spiro atoms. The molecule has 5 nitrogen and oxygen atoms in total. The number of aliphatic hydroxyl groups excluding tert-OH is 1. The molecule has 4 rings (SSSR count). The van der Waals surface area contributed by atoms with E-state index >= 15 is 0 Å². The summed E-state index contributed by atoms with van der Waals surface area (Å²) in [6, 6.07) is 19.8. The lowest BCUT2D eigenvalue weighted by atomic mass is 10.1. The molecule has 130 valence electrons. The second kappa shape index (κ2) is 6.98. The number of ether oxygens (including phenoxy) is 1. The van der Waals surface area contributed by atoms with Crippen LogP contribution >= 0.6 is 0 Å². The maximum Gasteiger partial charge on any atom is 0.161 e. The molecule has 0 radical (unpaired) electrons. The van der Waals surface area contributed by atoms with Crippen LogP contribution in [0.1, 0.15) is 11.1 Å². The van der Waals surface area contributed by atoms with Crippen LogP contribution in [0.3, 0.4) is 0 Å². The highest BCUT2D eigenvalue weighted by Crippen LogP contribution is 2.25. The lowest BCUT2D eigenvalue weighted by Crippen LogP contribution is -2.01. The first-order valence-corrected chi connectivity index (χ1v) is 8.42. The molecule has 0 amide bonds. The van der Waals surface area contributed by atoms with Crippen molar-refractivity contribution in [3.8, 4) is 17.0 Å². The summed E-state index contributed by atoms with van der Waals surface area (Å²) in [4.78, 5) is 9.28. The maximum atomic E-state index is 9.77. The van der Waals surface area contributed by atoms with E-state index in [-0.39, 0.29) is 6.61 Å². The number of hydrogen-bond acceptors (Lipinski definition) is 4. The number of methoxy groups -OCH3 is 1. The fourth-order valence-electron chi connectivity index (χ4n) is 3.02. The van der Waals surface area contributed by atoms with Crippen LogP contribution in [0.5, 0.6) is 5.75 Å². The lowest BCUT2D eigenvalue weighted by Gasteiger charge is -2.08. The highest BCUT2D eigenvalue weighted by Gasteiger charge is 2.12. The van der Waals surface area contributed by atoms with Gasteiger partial charge in [-0.2, -0.15) is 0 Å². The fourth-order valence-corrected chi connectivity index (χ4v) is 3.02. The number of pyridine rings is 1. The minimum Gasteiger partial charge on any atom is -0.497 e. The molecule has 0 aliphatic carbocycles. The van der Waals surface area contributed by atoms with E-state index in [4.69, 9.17) is 9.72 Å². The monoisotopic (exact) mass is 345 g/mol. The van der Waals surface area contributed by atoms with Crippen molar-refractivity contribution < 1.29 is 9.84 Å². The Hall–Kier alpha value is -3.18. The van der Waals surface area contributed by atoms with Crippen molar-refractivity contribution in [2.45, 2.75) is 13.2 Å². The van der Waals surface area contributed by atoms with Gasteiger partial charge >= 0.3 is 0 Å². The highest BCUT2D eigenvalue weighted by molar-refractivity contribution is 5.79. The first-order valence-electron chi connectivity index (χ1n) is 8.42. The van der Waals surface area contributed by atoms with E-state index in [1.54, 1.807) is 13.4 Å². The van der Waals surface area contributed by atoms with Crippen molar-refractivity contribution >= 4 is 11.2 Å². The van der Waals surface area contributed by atoms with Gasteiger partial charge in [-0.25, -0.2) is 9.97 Å². The first-order chi connectivity index (χ1) is 12.8. The maximum absolute atomic E-state index is 9.77. The minimum atomic E-state index is -0.0710. The van der Waals surface area contributed by atoms with Gasteiger partial charge in [-0.1, -0.05) is 42.5 Å². The lowest BCUT2D eigenvalue weighted by molar-refractivity contribution is 0.283. The number of aromatic nitrogens is 3. The van der Waals surface area contributed by atoms with Gasteiger partial charge in [0.05, 0.1) is 32.3 Å². The first kappa shape index (κ1) is 16.3. The zero-order valence-electron chi connectivity index (χ0n) is 14.5. The Bertz CT molecular complexity index is 1020. The molecule has 0 fully saturated rings. The largest absolute Gasteiger partial charge is 0.497 e. The molecule has 1 N–H and O–H groups in total. The zero-order chi connectivity index (χ0) is 17.9. The van der Waals surface area contributed by atoms with Gasteiger partial charge < -0.3 is 14.4 Å². The Morgan fingerprint density at radius 3 is 2.50 bits per heavy atom. The van der Waals surface area contributed by atoms with Gasteiger partial charge in [0.15, 0.2) is 5.65 Å². The van der Waals surface area contributed by atoms with Crippen molar-refractivity contribution in [1.29, 1.82) is 0 Å². The molecule has 0 atom stereocenters. The van der Waals surface area contributed by atoms with Crippen LogP contribution in [0.2, 0.25) is 0 Å². The van der Waals surface area contributed by atoms with Gasteiger partial charge in [-0.05, 0) is 23.8 Å². The second-order valence-corrected chi connectivity index (χ2v) is 6.08. The number of fused-ring (bicyclic) bond motifs is 1. The number of imidazole rings is 1. The zero-order valence-corrected chi connectivity index (χ0v) is 14.5. The summed E-state index contributed by atoms with van der Waals surface area (Å²) in [7, 11) is 1.66. The molecular weight excluding hydrogens is 326 g/mol. The van der Waals surface area contributed by atoms with E-state index in [1.807, 2.05) is 65.2 Å². The number of benzene rings is 2. The summed E-state index contributed by atoms with van der Waals surface area (Å²) in [5, 5.41) is 9.77. The van der Waals surface area contributed by atoms with E-state index < -0.39 is 0 Å². The Labute approximate surface area is 151 Å². The number of nitrogens with zero attached hydrogens (tertiary/aromatic N) is 3. The molecule has 0 aliphatic heterocycles. The van der Waals surface area contributed by atoms with Gasteiger partial charge in [-0.15, -0.1) is 0 Å². The Balaban J connectivity index is 1.77. The van der Waals surface area contributed by atoms with Crippen LogP contribution in [0.25, 0.3) is 22.4 Å². The normalized spacial score (nSPS) is 11.0. The Morgan fingerprint density at radius 2 is 1.81 bits per heavy atom. The summed E-state index contributed by atoms with van der Waals surface area (Å²) >= 11 is 0.